The van der Waals surface area contributed by atoms with Gasteiger partial charge in [0.1, 0.15) is 0 Å². The molecule has 2 aromatic rings. The minimum atomic E-state index is -0.831. The van der Waals surface area contributed by atoms with Gasteiger partial charge in [-0.1, -0.05) is 6.92 Å². The summed E-state index contributed by atoms with van der Waals surface area (Å²) in [4.78, 5) is 14.5. The summed E-state index contributed by atoms with van der Waals surface area (Å²) < 4.78 is 6.47. The molecular weight excluding hydrogens is 408 g/mol. The van der Waals surface area contributed by atoms with Crippen molar-refractivity contribution in [3.05, 3.63) is 39.3 Å². The molecule has 7 heteroatoms. The molecule has 2 N–H and O–H groups in total. The standard InChI is InChI=1S/C24H36N4O2S/c1-6-19-11-20-21(31-19)7-10-30-24(20)8-9-28(16(2)12-24)15-18-13-25-22(26-14-18)27-17(3)23(4,5)29/h11,13-14,16-17,29H,6-10,12,15H2,1-5H3,(H,25,26,27)/t16-,17-,24?/m0/s1. The van der Waals surface area contributed by atoms with E-state index in [0.29, 0.717) is 12.0 Å². The fraction of sp³-hybridized carbons (Fsp3) is 0.667. The maximum absolute atomic E-state index is 10.1. The van der Waals surface area contributed by atoms with Crippen LogP contribution in [0.5, 0.6) is 0 Å². The molecule has 6 nitrogen and oxygen atoms in total. The first-order valence-corrected chi connectivity index (χ1v) is 12.3. The Morgan fingerprint density at radius 2 is 2.13 bits per heavy atom. The molecule has 0 bridgehead atoms. The van der Waals surface area contributed by atoms with Gasteiger partial charge in [-0.15, -0.1) is 11.3 Å². The molecule has 0 aliphatic carbocycles. The van der Waals surface area contributed by atoms with Crippen LogP contribution in [0.3, 0.4) is 0 Å². The van der Waals surface area contributed by atoms with Gasteiger partial charge in [0.05, 0.1) is 23.9 Å². The molecule has 0 amide bonds. The van der Waals surface area contributed by atoms with Crippen LogP contribution in [0.25, 0.3) is 0 Å². The fourth-order valence-electron chi connectivity index (χ4n) is 4.63. The van der Waals surface area contributed by atoms with Crippen LogP contribution in [-0.4, -0.2) is 50.8 Å². The molecule has 1 fully saturated rings. The summed E-state index contributed by atoms with van der Waals surface area (Å²) in [6.45, 7) is 12.7. The normalized spacial score (nSPS) is 25.4. The van der Waals surface area contributed by atoms with Crippen LogP contribution >= 0.6 is 11.3 Å². The summed E-state index contributed by atoms with van der Waals surface area (Å²) in [5, 5.41) is 13.3. The van der Waals surface area contributed by atoms with Crippen LogP contribution in [0, 0.1) is 0 Å². The monoisotopic (exact) mass is 444 g/mol. The van der Waals surface area contributed by atoms with E-state index in [-0.39, 0.29) is 11.6 Å². The SMILES string of the molecule is CCc1cc2c(s1)CCOC21CCN(Cc2cnc(N[C@@H](C)C(C)(C)O)nc2)[C@@H](C)C1. The van der Waals surface area contributed by atoms with E-state index >= 15 is 0 Å². The Hall–Kier alpha value is -1.54. The molecule has 2 aliphatic rings. The van der Waals surface area contributed by atoms with Crippen molar-refractivity contribution in [2.45, 2.75) is 90.1 Å². The van der Waals surface area contributed by atoms with E-state index in [1.54, 1.807) is 18.7 Å². The lowest BCUT2D eigenvalue weighted by molar-refractivity contribution is -0.112. The summed E-state index contributed by atoms with van der Waals surface area (Å²) in [6.07, 6.45) is 8.02. The molecule has 4 rings (SSSR count). The smallest absolute Gasteiger partial charge is 0.222 e. The molecular formula is C24H36N4O2S. The van der Waals surface area contributed by atoms with Crippen molar-refractivity contribution in [1.29, 1.82) is 0 Å². The number of hydrogen-bond donors (Lipinski definition) is 2. The average molecular weight is 445 g/mol. The predicted octanol–water partition coefficient (Wildman–Crippen LogP) is 4.12. The molecule has 4 heterocycles. The van der Waals surface area contributed by atoms with Gasteiger partial charge in [0.15, 0.2) is 0 Å². The molecule has 2 aliphatic heterocycles. The fourth-order valence-corrected chi connectivity index (χ4v) is 5.80. The lowest BCUT2D eigenvalue weighted by Gasteiger charge is -2.47. The van der Waals surface area contributed by atoms with Gasteiger partial charge in [0, 0.05) is 53.3 Å². The second-order valence-corrected chi connectivity index (χ2v) is 10.9. The van der Waals surface area contributed by atoms with Crippen molar-refractivity contribution in [1.82, 2.24) is 14.9 Å². The van der Waals surface area contributed by atoms with E-state index in [4.69, 9.17) is 4.74 Å². The van der Waals surface area contributed by atoms with Crippen molar-refractivity contribution in [2.75, 3.05) is 18.5 Å². The van der Waals surface area contributed by atoms with E-state index in [1.807, 2.05) is 30.7 Å². The Balaban J connectivity index is 1.40. The predicted molar refractivity (Wildman–Crippen MR) is 126 cm³/mol. The number of nitrogens with zero attached hydrogens (tertiary/aromatic N) is 3. The lowest BCUT2D eigenvalue weighted by Crippen LogP contribution is -2.50. The van der Waals surface area contributed by atoms with Gasteiger partial charge in [-0.05, 0) is 58.6 Å². The number of aryl methyl sites for hydroxylation is 1. The number of aromatic nitrogens is 2. The summed E-state index contributed by atoms with van der Waals surface area (Å²) >= 11 is 1.98. The zero-order valence-corrected chi connectivity index (χ0v) is 20.3. The maximum atomic E-state index is 10.1. The minimum absolute atomic E-state index is 0.106. The third kappa shape index (κ3) is 4.80. The van der Waals surface area contributed by atoms with Crippen LogP contribution in [-0.2, 0) is 29.7 Å². The van der Waals surface area contributed by atoms with Gasteiger partial charge in [-0.25, -0.2) is 9.97 Å². The van der Waals surface area contributed by atoms with E-state index in [0.717, 1.165) is 50.9 Å². The van der Waals surface area contributed by atoms with Crippen LogP contribution in [0.2, 0.25) is 0 Å². The molecule has 0 aromatic carbocycles. The Bertz CT molecular complexity index is 892. The number of likely N-dealkylation sites (tertiary alicyclic amines) is 1. The second kappa shape index (κ2) is 8.77. The average Bonchev–Trinajstić information content (AvgIpc) is 3.16. The molecule has 31 heavy (non-hydrogen) atoms. The first-order valence-electron chi connectivity index (χ1n) is 11.5. The molecule has 0 radical (unpaired) electrons. The van der Waals surface area contributed by atoms with Gasteiger partial charge in [0.2, 0.25) is 5.95 Å². The lowest BCUT2D eigenvalue weighted by atomic mass is 9.79. The Morgan fingerprint density at radius 3 is 2.77 bits per heavy atom. The topological polar surface area (TPSA) is 70.5 Å². The van der Waals surface area contributed by atoms with Gasteiger partial charge < -0.3 is 15.2 Å². The summed E-state index contributed by atoms with van der Waals surface area (Å²) in [7, 11) is 0. The van der Waals surface area contributed by atoms with E-state index in [9.17, 15) is 5.11 Å². The highest BCUT2D eigenvalue weighted by Crippen LogP contribution is 2.46. The van der Waals surface area contributed by atoms with Gasteiger partial charge in [-0.3, -0.25) is 4.90 Å². The van der Waals surface area contributed by atoms with Crippen LogP contribution in [0.15, 0.2) is 18.5 Å². The molecule has 2 aromatic heterocycles. The van der Waals surface area contributed by atoms with Crippen LogP contribution in [0.1, 0.15) is 68.3 Å². The number of fused-ring (bicyclic) bond motifs is 2. The number of anilines is 1. The Labute approximate surface area is 190 Å². The van der Waals surface area contributed by atoms with Crippen molar-refractivity contribution >= 4 is 17.3 Å². The highest BCUT2D eigenvalue weighted by atomic mass is 32.1. The third-order valence-electron chi connectivity index (χ3n) is 6.95. The number of aliphatic hydroxyl groups is 1. The molecule has 170 valence electrons. The van der Waals surface area contributed by atoms with E-state index < -0.39 is 5.60 Å². The van der Waals surface area contributed by atoms with Crippen LogP contribution in [0.4, 0.5) is 5.95 Å². The Kier molecular flexibility index (Phi) is 6.41. The summed E-state index contributed by atoms with van der Waals surface area (Å²) in [6, 6.07) is 2.70. The third-order valence-corrected chi connectivity index (χ3v) is 8.29. The van der Waals surface area contributed by atoms with Gasteiger partial charge in [-0.2, -0.15) is 0 Å². The molecule has 1 saturated heterocycles. The first-order chi connectivity index (χ1) is 14.7. The quantitative estimate of drug-likeness (QED) is 0.698. The second-order valence-electron chi connectivity index (χ2n) is 9.70. The number of rotatable bonds is 6. The number of hydrogen-bond acceptors (Lipinski definition) is 7. The molecule has 1 unspecified atom stereocenters. The molecule has 1 spiro atoms. The van der Waals surface area contributed by atoms with Crippen molar-refractivity contribution < 1.29 is 9.84 Å². The number of thiophene rings is 1. The first kappa shape index (κ1) is 22.6. The van der Waals surface area contributed by atoms with E-state index in [1.165, 1.54) is 10.4 Å². The number of ether oxygens (including phenoxy) is 1. The van der Waals surface area contributed by atoms with Crippen LogP contribution < -0.4 is 5.32 Å². The zero-order chi connectivity index (χ0) is 22.2. The van der Waals surface area contributed by atoms with Crippen molar-refractivity contribution in [2.24, 2.45) is 0 Å². The minimum Gasteiger partial charge on any atom is -0.388 e. The Morgan fingerprint density at radius 1 is 1.39 bits per heavy atom. The number of piperidine rings is 1. The van der Waals surface area contributed by atoms with E-state index in [2.05, 4.69) is 40.1 Å². The largest absolute Gasteiger partial charge is 0.388 e. The van der Waals surface area contributed by atoms with Gasteiger partial charge in [0.25, 0.3) is 0 Å². The van der Waals surface area contributed by atoms with Gasteiger partial charge >= 0.3 is 0 Å². The van der Waals surface area contributed by atoms with Crippen molar-refractivity contribution in [3.63, 3.8) is 0 Å². The maximum Gasteiger partial charge on any atom is 0.222 e. The molecule has 0 saturated carbocycles. The summed E-state index contributed by atoms with van der Waals surface area (Å²) in [5.74, 6) is 0.552. The molecule has 3 atom stereocenters. The van der Waals surface area contributed by atoms with Crippen molar-refractivity contribution in [3.8, 4) is 0 Å². The zero-order valence-electron chi connectivity index (χ0n) is 19.4. The number of nitrogens with one attached hydrogen (secondary N) is 1. The summed E-state index contributed by atoms with van der Waals surface area (Å²) in [5.41, 5.74) is 1.64. The highest BCUT2D eigenvalue weighted by Gasteiger charge is 2.44. The highest BCUT2D eigenvalue weighted by molar-refractivity contribution is 7.12.